The predicted molar refractivity (Wildman–Crippen MR) is 111 cm³/mol. The number of nitrogens with zero attached hydrogens (tertiary/aromatic N) is 3. The molecule has 2 aliphatic rings. The largest absolute Gasteiger partial charge is 0.350 e. The summed E-state index contributed by atoms with van der Waals surface area (Å²) in [5, 5.41) is 11.4. The number of nitrogens with one attached hydrogen (secondary N) is 1. The van der Waals surface area contributed by atoms with Crippen LogP contribution in [0.4, 0.5) is 10.8 Å². The van der Waals surface area contributed by atoms with E-state index in [0.717, 1.165) is 27.8 Å². The smallest absolute Gasteiger partial charge is 0.231 e. The molecule has 1 N–H and O–H groups in total. The summed E-state index contributed by atoms with van der Waals surface area (Å²) in [6, 6.07) is 7.70. The number of benzene rings is 1. The molecule has 1 unspecified atom stereocenters. The van der Waals surface area contributed by atoms with Gasteiger partial charge in [-0.2, -0.15) is 0 Å². The molecule has 0 aliphatic carbocycles. The molecule has 1 aromatic heterocycles. The Morgan fingerprint density at radius 1 is 1.31 bits per heavy atom. The van der Waals surface area contributed by atoms with Gasteiger partial charge in [0.1, 0.15) is 0 Å². The van der Waals surface area contributed by atoms with Crippen LogP contribution in [0, 0.1) is 12.8 Å². The predicted octanol–water partition coefficient (Wildman–Crippen LogP) is 2.69. The lowest BCUT2D eigenvalue weighted by Crippen LogP contribution is -2.28. The van der Waals surface area contributed by atoms with Crippen LogP contribution in [-0.2, 0) is 19.1 Å². The summed E-state index contributed by atoms with van der Waals surface area (Å²) < 4.78 is 11.6. The fourth-order valence-corrected chi connectivity index (χ4v) is 5.11. The van der Waals surface area contributed by atoms with Crippen LogP contribution >= 0.6 is 23.1 Å². The van der Waals surface area contributed by atoms with Gasteiger partial charge in [0.05, 0.1) is 19.1 Å². The molecule has 10 heteroatoms. The molecule has 0 radical (unpaired) electrons. The number of carbonyl (C=O) groups excluding carboxylic acids is 2. The number of para-hydroxylation sites is 1. The molecule has 1 atom stereocenters. The molecular weight excluding hydrogens is 412 g/mol. The van der Waals surface area contributed by atoms with Gasteiger partial charge in [-0.25, -0.2) is 0 Å². The number of ether oxygens (including phenoxy) is 2. The first-order chi connectivity index (χ1) is 14.1. The van der Waals surface area contributed by atoms with Crippen molar-refractivity contribution in [1.29, 1.82) is 0 Å². The molecule has 2 amide bonds. The molecule has 4 rings (SSSR count). The molecule has 2 aromatic rings. The first kappa shape index (κ1) is 20.3. The van der Waals surface area contributed by atoms with Gasteiger partial charge in [0.25, 0.3) is 0 Å². The standard InChI is InChI=1S/C19H22N4O4S2/c1-12-4-2-3-5-14(12)23-11-13(10-15(23)24)17(25)20-18-21-22-19(29-18)28-9-6-16-26-7-8-27-16/h2-5,13,16H,6-11H2,1H3,(H,20,21,25). The van der Waals surface area contributed by atoms with Crippen LogP contribution in [0.3, 0.4) is 0 Å². The highest BCUT2D eigenvalue weighted by Crippen LogP contribution is 2.30. The third-order valence-electron chi connectivity index (χ3n) is 4.81. The fourth-order valence-electron chi connectivity index (χ4n) is 3.32. The van der Waals surface area contributed by atoms with Crippen molar-refractivity contribution in [3.8, 4) is 0 Å². The highest BCUT2D eigenvalue weighted by Gasteiger charge is 2.36. The van der Waals surface area contributed by atoms with Crippen molar-refractivity contribution in [1.82, 2.24) is 10.2 Å². The summed E-state index contributed by atoms with van der Waals surface area (Å²) in [6.07, 6.45) is 0.845. The number of thioether (sulfide) groups is 1. The second-order valence-electron chi connectivity index (χ2n) is 6.86. The molecule has 2 aliphatic heterocycles. The van der Waals surface area contributed by atoms with E-state index < -0.39 is 5.92 Å². The summed E-state index contributed by atoms with van der Waals surface area (Å²) in [7, 11) is 0. The van der Waals surface area contributed by atoms with Gasteiger partial charge in [0, 0.05) is 30.8 Å². The highest BCUT2D eigenvalue weighted by molar-refractivity contribution is 8.01. The minimum Gasteiger partial charge on any atom is -0.350 e. The Hall–Kier alpha value is -2.01. The van der Waals surface area contributed by atoms with Crippen LogP contribution in [0.15, 0.2) is 28.6 Å². The van der Waals surface area contributed by atoms with E-state index in [9.17, 15) is 9.59 Å². The van der Waals surface area contributed by atoms with Gasteiger partial charge in [-0.1, -0.05) is 41.3 Å². The Bertz CT molecular complexity index is 885. The van der Waals surface area contributed by atoms with Crippen molar-refractivity contribution in [3.63, 3.8) is 0 Å². The van der Waals surface area contributed by atoms with Gasteiger partial charge in [0.15, 0.2) is 10.6 Å². The zero-order chi connectivity index (χ0) is 20.2. The topological polar surface area (TPSA) is 93.7 Å². The zero-order valence-electron chi connectivity index (χ0n) is 16.0. The van der Waals surface area contributed by atoms with Crippen molar-refractivity contribution >= 4 is 45.7 Å². The summed E-state index contributed by atoms with van der Waals surface area (Å²) in [5.41, 5.74) is 1.87. The van der Waals surface area contributed by atoms with Crippen molar-refractivity contribution in [2.24, 2.45) is 5.92 Å². The number of aromatic nitrogens is 2. The molecule has 0 spiro atoms. The van der Waals surface area contributed by atoms with Crippen LogP contribution in [0.5, 0.6) is 0 Å². The van der Waals surface area contributed by atoms with Gasteiger partial charge in [-0.15, -0.1) is 10.2 Å². The van der Waals surface area contributed by atoms with E-state index in [1.165, 1.54) is 11.3 Å². The lowest BCUT2D eigenvalue weighted by molar-refractivity contribution is -0.122. The summed E-state index contributed by atoms with van der Waals surface area (Å²) in [6.45, 7) is 3.63. The average Bonchev–Trinajstić information content (AvgIpc) is 3.44. The Morgan fingerprint density at radius 2 is 2.10 bits per heavy atom. The molecule has 0 saturated carbocycles. The number of hydrogen-bond acceptors (Lipinski definition) is 8. The van der Waals surface area contributed by atoms with Crippen molar-refractivity contribution in [2.45, 2.75) is 30.4 Å². The summed E-state index contributed by atoms with van der Waals surface area (Å²) in [5.74, 6) is 0.161. The van der Waals surface area contributed by atoms with Crippen LogP contribution < -0.4 is 10.2 Å². The maximum atomic E-state index is 12.6. The molecule has 29 heavy (non-hydrogen) atoms. The Kier molecular flexibility index (Phi) is 6.43. The van der Waals surface area contributed by atoms with E-state index >= 15 is 0 Å². The van der Waals surface area contributed by atoms with Crippen molar-refractivity contribution in [3.05, 3.63) is 29.8 Å². The van der Waals surface area contributed by atoms with E-state index in [-0.39, 0.29) is 24.5 Å². The van der Waals surface area contributed by atoms with Gasteiger partial charge in [-0.05, 0) is 18.6 Å². The Morgan fingerprint density at radius 3 is 2.90 bits per heavy atom. The second-order valence-corrected chi connectivity index (χ2v) is 9.18. The van der Waals surface area contributed by atoms with E-state index in [0.29, 0.717) is 24.9 Å². The first-order valence-electron chi connectivity index (χ1n) is 9.46. The maximum absolute atomic E-state index is 12.6. The molecule has 2 saturated heterocycles. The lowest BCUT2D eigenvalue weighted by Gasteiger charge is -2.18. The zero-order valence-corrected chi connectivity index (χ0v) is 17.6. The number of carbonyl (C=O) groups is 2. The van der Waals surface area contributed by atoms with Crippen LogP contribution in [0.25, 0.3) is 0 Å². The van der Waals surface area contributed by atoms with Crippen LogP contribution in [-0.4, -0.2) is 53.8 Å². The Labute approximate surface area is 177 Å². The number of hydrogen-bond donors (Lipinski definition) is 1. The minimum atomic E-state index is -0.404. The Balaban J connectivity index is 1.29. The third kappa shape index (κ3) is 4.95. The average molecular weight is 435 g/mol. The monoisotopic (exact) mass is 434 g/mol. The van der Waals surface area contributed by atoms with Gasteiger partial charge >= 0.3 is 0 Å². The summed E-state index contributed by atoms with van der Waals surface area (Å²) in [4.78, 5) is 26.7. The minimum absolute atomic E-state index is 0.0377. The first-order valence-corrected chi connectivity index (χ1v) is 11.3. The molecule has 1 aromatic carbocycles. The SMILES string of the molecule is Cc1ccccc1N1CC(C(=O)Nc2nnc(SCCC3OCCO3)s2)CC1=O. The van der Waals surface area contributed by atoms with E-state index in [2.05, 4.69) is 15.5 Å². The number of anilines is 2. The summed E-state index contributed by atoms with van der Waals surface area (Å²) >= 11 is 2.89. The van der Waals surface area contributed by atoms with Crippen LogP contribution in [0.2, 0.25) is 0 Å². The van der Waals surface area contributed by atoms with Gasteiger partial charge in [0.2, 0.25) is 16.9 Å². The normalized spacial score (nSPS) is 19.8. The van der Waals surface area contributed by atoms with E-state index in [4.69, 9.17) is 9.47 Å². The number of amides is 2. The van der Waals surface area contributed by atoms with Gasteiger partial charge in [-0.3, -0.25) is 9.59 Å². The van der Waals surface area contributed by atoms with Crippen molar-refractivity contribution < 1.29 is 19.1 Å². The molecular formula is C19H22N4O4S2. The fraction of sp³-hybridized carbons (Fsp3) is 0.474. The second kappa shape index (κ2) is 9.21. The molecule has 2 fully saturated rings. The molecule has 154 valence electrons. The van der Waals surface area contributed by atoms with Gasteiger partial charge < -0.3 is 19.7 Å². The molecule has 3 heterocycles. The van der Waals surface area contributed by atoms with Crippen molar-refractivity contribution in [2.75, 3.05) is 35.7 Å². The quantitative estimate of drug-likeness (QED) is 0.529. The van der Waals surface area contributed by atoms with Crippen LogP contribution in [0.1, 0.15) is 18.4 Å². The highest BCUT2D eigenvalue weighted by atomic mass is 32.2. The molecule has 0 bridgehead atoms. The lowest BCUT2D eigenvalue weighted by atomic mass is 10.1. The number of aryl methyl sites for hydroxylation is 1. The maximum Gasteiger partial charge on any atom is 0.231 e. The molecule has 8 nitrogen and oxygen atoms in total. The van der Waals surface area contributed by atoms with E-state index in [1.807, 2.05) is 31.2 Å². The third-order valence-corrected chi connectivity index (χ3v) is 6.81. The van der Waals surface area contributed by atoms with E-state index in [1.54, 1.807) is 16.7 Å². The number of rotatable bonds is 7.